The van der Waals surface area contributed by atoms with E-state index in [1.54, 1.807) is 12.3 Å². The van der Waals surface area contributed by atoms with Crippen molar-refractivity contribution in [2.24, 2.45) is 5.92 Å². The van der Waals surface area contributed by atoms with Crippen LogP contribution in [-0.2, 0) is 5.41 Å². The van der Waals surface area contributed by atoms with Gasteiger partial charge in [-0.2, -0.15) is 0 Å². The van der Waals surface area contributed by atoms with Crippen molar-refractivity contribution in [3.63, 3.8) is 0 Å². The first-order chi connectivity index (χ1) is 11.9. The average Bonchev–Trinajstić information content (AvgIpc) is 3.16. The zero-order chi connectivity index (χ0) is 17.8. The second-order valence-electron chi connectivity index (χ2n) is 7.62. The largest absolute Gasteiger partial charge is 0.478 e. The van der Waals surface area contributed by atoms with E-state index in [-0.39, 0.29) is 11.4 Å². The van der Waals surface area contributed by atoms with Gasteiger partial charge in [-0.1, -0.05) is 24.3 Å². The van der Waals surface area contributed by atoms with Gasteiger partial charge in [-0.25, -0.2) is 9.78 Å². The molecule has 2 aliphatic rings. The fourth-order valence-electron chi connectivity index (χ4n) is 4.16. The molecular formula is C20H23N3O2. The number of piperidine rings is 1. The van der Waals surface area contributed by atoms with Gasteiger partial charge in [0, 0.05) is 36.3 Å². The van der Waals surface area contributed by atoms with Crippen LogP contribution in [0.2, 0.25) is 0 Å². The maximum atomic E-state index is 11.2. The number of aromatic carboxylic acids is 1. The number of anilines is 1. The van der Waals surface area contributed by atoms with Gasteiger partial charge in [0.2, 0.25) is 0 Å². The van der Waals surface area contributed by atoms with Crippen molar-refractivity contribution >= 4 is 11.8 Å². The minimum absolute atomic E-state index is 0.0470. The lowest BCUT2D eigenvalue weighted by molar-refractivity contribution is 0.0697. The molecule has 3 N–H and O–H groups in total. The topological polar surface area (TPSA) is 79.5 Å². The molecule has 1 aromatic heterocycles. The molecule has 2 heterocycles. The molecule has 2 fully saturated rings. The van der Waals surface area contributed by atoms with Gasteiger partial charge in [0.05, 0.1) is 0 Å². The van der Waals surface area contributed by atoms with Crippen LogP contribution in [0, 0.1) is 5.92 Å². The van der Waals surface area contributed by atoms with E-state index in [1.807, 2.05) is 0 Å². The molecule has 5 heteroatoms. The first-order valence-corrected chi connectivity index (χ1v) is 8.74. The molecule has 25 heavy (non-hydrogen) atoms. The van der Waals surface area contributed by atoms with E-state index in [2.05, 4.69) is 48.0 Å². The zero-order valence-electron chi connectivity index (χ0n) is 14.6. The van der Waals surface area contributed by atoms with E-state index >= 15 is 0 Å². The fraction of sp³-hybridized carbons (Fsp3) is 0.400. The normalized spacial score (nSPS) is 25.2. The van der Waals surface area contributed by atoms with Crippen molar-refractivity contribution in [1.82, 2.24) is 9.88 Å². The highest BCUT2D eigenvalue weighted by molar-refractivity contribution is 5.94. The van der Waals surface area contributed by atoms with Crippen LogP contribution in [0.25, 0.3) is 11.1 Å². The van der Waals surface area contributed by atoms with Gasteiger partial charge in [0.25, 0.3) is 0 Å². The minimum atomic E-state index is -1.05. The molecule has 1 aromatic carbocycles. The van der Waals surface area contributed by atoms with Crippen molar-refractivity contribution < 1.29 is 9.90 Å². The van der Waals surface area contributed by atoms with Crippen LogP contribution >= 0.6 is 0 Å². The number of nitrogens with two attached hydrogens (primary N) is 1. The van der Waals surface area contributed by atoms with Crippen LogP contribution in [-0.4, -0.2) is 40.1 Å². The molecule has 1 saturated carbocycles. The molecule has 0 bridgehead atoms. The van der Waals surface area contributed by atoms with E-state index in [0.717, 1.165) is 23.6 Å². The highest BCUT2D eigenvalue weighted by Gasteiger charge is 2.60. The Labute approximate surface area is 147 Å². The smallest absolute Gasteiger partial charge is 0.339 e. The first kappa shape index (κ1) is 16.1. The van der Waals surface area contributed by atoms with E-state index in [9.17, 15) is 9.90 Å². The number of rotatable bonds is 4. The van der Waals surface area contributed by atoms with Crippen molar-refractivity contribution in [2.45, 2.75) is 31.7 Å². The van der Waals surface area contributed by atoms with Crippen LogP contribution in [0.3, 0.4) is 0 Å². The third-order valence-electron chi connectivity index (χ3n) is 5.84. The molecule has 0 spiro atoms. The van der Waals surface area contributed by atoms with E-state index < -0.39 is 5.97 Å². The third-order valence-corrected chi connectivity index (χ3v) is 5.84. The van der Waals surface area contributed by atoms with E-state index in [1.165, 1.54) is 18.5 Å². The summed E-state index contributed by atoms with van der Waals surface area (Å²) in [5, 5.41) is 9.21. The van der Waals surface area contributed by atoms with Crippen molar-refractivity contribution in [3.8, 4) is 11.1 Å². The predicted molar refractivity (Wildman–Crippen MR) is 97.5 cm³/mol. The Bertz CT molecular complexity index is 831. The maximum absolute atomic E-state index is 11.2. The van der Waals surface area contributed by atoms with E-state index in [4.69, 9.17) is 5.73 Å². The molecule has 0 unspecified atom stereocenters. The van der Waals surface area contributed by atoms with Crippen LogP contribution in [0.4, 0.5) is 5.82 Å². The Hall–Kier alpha value is -2.40. The Morgan fingerprint density at radius 1 is 1.32 bits per heavy atom. The molecule has 0 amide bonds. The number of nitrogens with zero attached hydrogens (tertiary/aromatic N) is 2. The summed E-state index contributed by atoms with van der Waals surface area (Å²) in [5.41, 5.74) is 9.15. The van der Waals surface area contributed by atoms with E-state index in [0.29, 0.717) is 11.5 Å². The summed E-state index contributed by atoms with van der Waals surface area (Å²) in [6.45, 7) is 6.86. The van der Waals surface area contributed by atoms with Gasteiger partial charge in [0.15, 0.2) is 0 Å². The number of carboxylic acid groups (broad SMARTS) is 1. The number of carbonyl (C=O) groups is 1. The molecule has 2 atom stereocenters. The monoisotopic (exact) mass is 337 g/mol. The number of hydrogen-bond donors (Lipinski definition) is 2. The summed E-state index contributed by atoms with van der Waals surface area (Å²) < 4.78 is 0. The van der Waals surface area contributed by atoms with Gasteiger partial charge in [-0.15, -0.1) is 0 Å². The van der Waals surface area contributed by atoms with Crippen molar-refractivity contribution in [1.29, 1.82) is 0 Å². The number of fused-ring (bicyclic) bond motifs is 1. The first-order valence-electron chi connectivity index (χ1n) is 8.74. The van der Waals surface area contributed by atoms with Gasteiger partial charge >= 0.3 is 5.97 Å². The van der Waals surface area contributed by atoms with Gasteiger partial charge in [-0.05, 0) is 43.4 Å². The Morgan fingerprint density at radius 3 is 2.64 bits per heavy atom. The molecule has 1 aliphatic carbocycles. The minimum Gasteiger partial charge on any atom is -0.478 e. The lowest BCUT2D eigenvalue weighted by Gasteiger charge is -2.24. The summed E-state index contributed by atoms with van der Waals surface area (Å²) in [6, 6.07) is 10.7. The Morgan fingerprint density at radius 2 is 2.04 bits per heavy atom. The highest BCUT2D eigenvalue weighted by Crippen LogP contribution is 2.59. The van der Waals surface area contributed by atoms with Crippen molar-refractivity contribution in [3.05, 3.63) is 47.7 Å². The van der Waals surface area contributed by atoms with Gasteiger partial charge < -0.3 is 10.8 Å². The summed E-state index contributed by atoms with van der Waals surface area (Å²) >= 11 is 0. The summed E-state index contributed by atoms with van der Waals surface area (Å²) in [6.07, 6.45) is 2.91. The maximum Gasteiger partial charge on any atom is 0.339 e. The highest BCUT2D eigenvalue weighted by atomic mass is 16.4. The Kier molecular flexibility index (Phi) is 3.58. The lowest BCUT2D eigenvalue weighted by atomic mass is 9.93. The summed E-state index contributed by atoms with van der Waals surface area (Å²) in [7, 11) is 0. The van der Waals surface area contributed by atoms with Gasteiger partial charge in [-0.3, -0.25) is 4.90 Å². The number of hydrogen-bond acceptors (Lipinski definition) is 4. The summed E-state index contributed by atoms with van der Waals surface area (Å²) in [5.74, 6) is -0.229. The van der Waals surface area contributed by atoms with Gasteiger partial charge in [0.1, 0.15) is 11.4 Å². The number of carboxylic acids is 1. The molecule has 0 radical (unpaired) electrons. The molecule has 130 valence electrons. The number of likely N-dealkylation sites (tertiary alicyclic amines) is 1. The van der Waals surface area contributed by atoms with Crippen LogP contribution in [0.15, 0.2) is 36.5 Å². The number of aromatic nitrogens is 1. The molecule has 5 nitrogen and oxygen atoms in total. The second-order valence-corrected chi connectivity index (χ2v) is 7.62. The fourth-order valence-corrected chi connectivity index (χ4v) is 4.16. The standard InChI is InChI=1S/C20H23N3O2/c1-12(2)23-10-16-8-20(16,11-23)15-5-3-13(4-6-15)14-7-17(19(24)25)18(21)22-9-14/h3-7,9,12,16H,8,10-11H2,1-2H3,(H2,21,22)(H,24,25)/t16-,20+/m1/s1. The predicted octanol–water partition coefficient (Wildman–Crippen LogP) is 3.01. The summed E-state index contributed by atoms with van der Waals surface area (Å²) in [4.78, 5) is 17.8. The van der Waals surface area contributed by atoms with Crippen LogP contribution < -0.4 is 5.73 Å². The molecular weight excluding hydrogens is 314 g/mol. The molecule has 1 saturated heterocycles. The second kappa shape index (κ2) is 5.56. The lowest BCUT2D eigenvalue weighted by Crippen LogP contribution is -2.32. The number of pyridine rings is 1. The quantitative estimate of drug-likeness (QED) is 0.896. The third kappa shape index (κ3) is 2.59. The SMILES string of the molecule is CC(C)N1C[C@H]2C[C@@]2(c2ccc(-c3cnc(N)c(C(=O)O)c3)cc2)C1. The molecule has 1 aliphatic heterocycles. The Balaban J connectivity index is 1.60. The zero-order valence-corrected chi connectivity index (χ0v) is 14.6. The number of benzene rings is 1. The molecule has 4 rings (SSSR count). The molecule has 2 aromatic rings. The van der Waals surface area contributed by atoms with Crippen LogP contribution in [0.5, 0.6) is 0 Å². The number of nitrogen functional groups attached to an aromatic ring is 1. The van der Waals surface area contributed by atoms with Crippen molar-refractivity contribution in [2.75, 3.05) is 18.8 Å². The average molecular weight is 337 g/mol. The van der Waals surface area contributed by atoms with Crippen LogP contribution in [0.1, 0.15) is 36.2 Å².